The molecule has 1 N–H and O–H groups in total. The van der Waals surface area contributed by atoms with E-state index in [9.17, 15) is 14.9 Å². The molecule has 28 heavy (non-hydrogen) atoms. The van der Waals surface area contributed by atoms with Gasteiger partial charge in [-0.15, -0.1) is 0 Å². The fourth-order valence-corrected chi connectivity index (χ4v) is 2.86. The Bertz CT molecular complexity index is 1180. The van der Waals surface area contributed by atoms with Crippen molar-refractivity contribution in [1.82, 2.24) is 9.97 Å². The third-order valence-corrected chi connectivity index (χ3v) is 4.22. The SMILES string of the molecule is O=C(Nc1ccc([N+](=O)[O-])cc1)c1cc2cccnc2nc1-c1ccccc1. The van der Waals surface area contributed by atoms with Crippen molar-refractivity contribution in [2.45, 2.75) is 0 Å². The molecule has 2 heterocycles. The lowest BCUT2D eigenvalue weighted by Gasteiger charge is -2.11. The van der Waals surface area contributed by atoms with Crippen molar-refractivity contribution in [3.63, 3.8) is 0 Å². The average molecular weight is 370 g/mol. The number of nitrogens with one attached hydrogen (secondary N) is 1. The molecular formula is C21H14N4O3. The average Bonchev–Trinajstić information content (AvgIpc) is 2.73. The molecule has 1 amide bonds. The first-order chi connectivity index (χ1) is 13.6. The number of non-ortho nitro benzene ring substituents is 1. The second-order valence-corrected chi connectivity index (χ2v) is 6.06. The lowest BCUT2D eigenvalue weighted by molar-refractivity contribution is -0.384. The topological polar surface area (TPSA) is 98.0 Å². The molecule has 136 valence electrons. The van der Waals surface area contributed by atoms with E-state index in [1.165, 1.54) is 24.3 Å². The number of nitro benzene ring substituents is 1. The lowest BCUT2D eigenvalue weighted by atomic mass is 10.0. The van der Waals surface area contributed by atoms with Crippen molar-refractivity contribution < 1.29 is 9.72 Å². The van der Waals surface area contributed by atoms with Crippen molar-refractivity contribution in [1.29, 1.82) is 0 Å². The minimum atomic E-state index is -0.487. The van der Waals surface area contributed by atoms with Crippen LogP contribution in [-0.4, -0.2) is 20.8 Å². The van der Waals surface area contributed by atoms with Gasteiger partial charge in [0.2, 0.25) is 0 Å². The third-order valence-electron chi connectivity index (χ3n) is 4.22. The van der Waals surface area contributed by atoms with Gasteiger partial charge in [0.25, 0.3) is 11.6 Å². The van der Waals surface area contributed by atoms with Gasteiger partial charge in [0.15, 0.2) is 5.65 Å². The zero-order chi connectivity index (χ0) is 19.5. The van der Waals surface area contributed by atoms with Crippen LogP contribution in [0.4, 0.5) is 11.4 Å². The predicted molar refractivity (Wildman–Crippen MR) is 106 cm³/mol. The molecule has 0 fully saturated rings. The first kappa shape index (κ1) is 17.3. The number of fused-ring (bicyclic) bond motifs is 1. The maximum atomic E-state index is 13.0. The van der Waals surface area contributed by atoms with Crippen LogP contribution in [0.3, 0.4) is 0 Å². The fourth-order valence-electron chi connectivity index (χ4n) is 2.86. The Balaban J connectivity index is 1.75. The number of rotatable bonds is 4. The van der Waals surface area contributed by atoms with Crippen LogP contribution < -0.4 is 5.32 Å². The predicted octanol–water partition coefficient (Wildman–Crippen LogP) is 4.46. The van der Waals surface area contributed by atoms with Gasteiger partial charge in [-0.2, -0.15) is 0 Å². The molecule has 0 aliphatic rings. The van der Waals surface area contributed by atoms with E-state index in [1.54, 1.807) is 18.3 Å². The lowest BCUT2D eigenvalue weighted by Crippen LogP contribution is -2.14. The van der Waals surface area contributed by atoms with Gasteiger partial charge in [-0.3, -0.25) is 14.9 Å². The number of nitrogens with zero attached hydrogens (tertiary/aromatic N) is 3. The maximum Gasteiger partial charge on any atom is 0.269 e. The van der Waals surface area contributed by atoms with E-state index in [0.29, 0.717) is 22.6 Å². The number of benzene rings is 2. The van der Waals surface area contributed by atoms with Gasteiger partial charge in [0.05, 0.1) is 16.2 Å². The molecule has 0 spiro atoms. The normalized spacial score (nSPS) is 10.6. The van der Waals surface area contributed by atoms with E-state index in [4.69, 9.17) is 0 Å². The number of hydrogen-bond donors (Lipinski definition) is 1. The fraction of sp³-hybridized carbons (Fsp3) is 0. The second kappa shape index (κ2) is 7.24. The Hall–Kier alpha value is -4.13. The van der Waals surface area contributed by atoms with Crippen LogP contribution in [-0.2, 0) is 0 Å². The standard InChI is InChI=1S/C21H14N4O3/c26-21(23-16-8-10-17(11-9-16)25(27)28)18-13-15-7-4-12-22-20(15)24-19(18)14-5-2-1-3-6-14/h1-13H,(H,23,26). The molecule has 0 aliphatic heterocycles. The van der Waals surface area contributed by atoms with Crippen LogP contribution in [0.5, 0.6) is 0 Å². The van der Waals surface area contributed by atoms with Crippen LogP contribution in [0.25, 0.3) is 22.3 Å². The summed E-state index contributed by atoms with van der Waals surface area (Å²) in [4.78, 5) is 32.1. The van der Waals surface area contributed by atoms with Gasteiger partial charge in [-0.1, -0.05) is 30.3 Å². The van der Waals surface area contributed by atoms with E-state index in [2.05, 4.69) is 15.3 Å². The van der Waals surface area contributed by atoms with Crippen molar-refractivity contribution in [3.8, 4) is 11.3 Å². The summed E-state index contributed by atoms with van der Waals surface area (Å²) >= 11 is 0. The Kier molecular flexibility index (Phi) is 4.47. The zero-order valence-electron chi connectivity index (χ0n) is 14.6. The summed E-state index contributed by atoms with van der Waals surface area (Å²) in [5, 5.41) is 14.3. The van der Waals surface area contributed by atoms with Crippen LogP contribution >= 0.6 is 0 Å². The molecule has 2 aromatic carbocycles. The number of aromatic nitrogens is 2. The molecule has 7 nitrogen and oxygen atoms in total. The molecule has 0 atom stereocenters. The van der Waals surface area contributed by atoms with Gasteiger partial charge in [0, 0.05) is 35.0 Å². The van der Waals surface area contributed by atoms with E-state index >= 15 is 0 Å². The van der Waals surface area contributed by atoms with E-state index in [-0.39, 0.29) is 11.6 Å². The molecule has 2 aromatic heterocycles. The number of nitro groups is 1. The summed E-state index contributed by atoms with van der Waals surface area (Å²) < 4.78 is 0. The molecule has 4 aromatic rings. The Morgan fingerprint density at radius 2 is 1.71 bits per heavy atom. The quantitative estimate of drug-likeness (QED) is 0.422. The van der Waals surface area contributed by atoms with Crippen LogP contribution in [0.2, 0.25) is 0 Å². The number of hydrogen-bond acceptors (Lipinski definition) is 5. The van der Waals surface area contributed by atoms with E-state index in [1.807, 2.05) is 36.4 Å². The van der Waals surface area contributed by atoms with E-state index < -0.39 is 4.92 Å². The van der Waals surface area contributed by atoms with Crippen molar-refractivity contribution in [2.24, 2.45) is 0 Å². The van der Waals surface area contributed by atoms with Crippen LogP contribution in [0, 0.1) is 10.1 Å². The van der Waals surface area contributed by atoms with Crippen molar-refractivity contribution in [2.75, 3.05) is 5.32 Å². The van der Waals surface area contributed by atoms with Crippen LogP contribution in [0.15, 0.2) is 79.0 Å². The van der Waals surface area contributed by atoms with Gasteiger partial charge in [0.1, 0.15) is 0 Å². The monoisotopic (exact) mass is 370 g/mol. The third kappa shape index (κ3) is 3.41. The molecule has 0 saturated heterocycles. The smallest absolute Gasteiger partial charge is 0.269 e. The highest BCUT2D eigenvalue weighted by Gasteiger charge is 2.17. The van der Waals surface area contributed by atoms with Crippen molar-refractivity contribution >= 4 is 28.3 Å². The Labute approximate surface area is 159 Å². The highest BCUT2D eigenvalue weighted by atomic mass is 16.6. The van der Waals surface area contributed by atoms with Gasteiger partial charge < -0.3 is 5.32 Å². The van der Waals surface area contributed by atoms with Gasteiger partial charge in [-0.05, 0) is 30.3 Å². The number of anilines is 1. The highest BCUT2D eigenvalue weighted by molar-refractivity contribution is 6.09. The maximum absolute atomic E-state index is 13.0. The summed E-state index contributed by atoms with van der Waals surface area (Å²) in [5.41, 5.74) is 2.68. The summed E-state index contributed by atoms with van der Waals surface area (Å²) in [5.74, 6) is -0.356. The zero-order valence-corrected chi connectivity index (χ0v) is 14.6. The first-order valence-corrected chi connectivity index (χ1v) is 8.49. The molecule has 0 aliphatic carbocycles. The van der Waals surface area contributed by atoms with Gasteiger partial charge >= 0.3 is 0 Å². The summed E-state index contributed by atoms with van der Waals surface area (Å²) in [6.07, 6.45) is 1.65. The summed E-state index contributed by atoms with van der Waals surface area (Å²) in [6, 6.07) is 20.4. The Morgan fingerprint density at radius 1 is 0.964 bits per heavy atom. The largest absolute Gasteiger partial charge is 0.322 e. The molecule has 0 bridgehead atoms. The number of carbonyl (C=O) groups excluding carboxylic acids is 1. The number of amides is 1. The molecule has 0 saturated carbocycles. The second-order valence-electron chi connectivity index (χ2n) is 6.06. The molecular weight excluding hydrogens is 356 g/mol. The van der Waals surface area contributed by atoms with Crippen LogP contribution in [0.1, 0.15) is 10.4 Å². The minimum Gasteiger partial charge on any atom is -0.322 e. The highest BCUT2D eigenvalue weighted by Crippen LogP contribution is 2.26. The molecule has 0 radical (unpaired) electrons. The van der Waals surface area contributed by atoms with Crippen molar-refractivity contribution in [3.05, 3.63) is 94.7 Å². The Morgan fingerprint density at radius 3 is 2.43 bits per heavy atom. The first-order valence-electron chi connectivity index (χ1n) is 8.49. The molecule has 4 rings (SSSR count). The molecule has 0 unspecified atom stereocenters. The van der Waals surface area contributed by atoms with Gasteiger partial charge in [-0.25, -0.2) is 9.97 Å². The summed E-state index contributed by atoms with van der Waals surface area (Å²) in [6.45, 7) is 0. The minimum absolute atomic E-state index is 0.0404. The van der Waals surface area contributed by atoms with E-state index in [0.717, 1.165) is 10.9 Å². The number of carbonyl (C=O) groups is 1. The number of pyridine rings is 2. The molecule has 7 heteroatoms. The summed E-state index contributed by atoms with van der Waals surface area (Å²) in [7, 11) is 0.